The van der Waals surface area contributed by atoms with Crippen molar-refractivity contribution in [1.29, 1.82) is 5.26 Å². The average Bonchev–Trinajstić information content (AvgIpc) is 2.84. The van der Waals surface area contributed by atoms with Crippen molar-refractivity contribution in [2.75, 3.05) is 36.8 Å². The molecule has 0 unspecified atom stereocenters. The van der Waals surface area contributed by atoms with Crippen molar-refractivity contribution in [2.45, 2.75) is 23.5 Å². The Hall–Kier alpha value is -3.81. The van der Waals surface area contributed by atoms with Crippen LogP contribution in [-0.4, -0.2) is 58.8 Å². The van der Waals surface area contributed by atoms with Crippen LogP contribution in [-0.2, 0) is 14.8 Å². The molecule has 4 rings (SSSR count). The van der Waals surface area contributed by atoms with Crippen molar-refractivity contribution in [2.24, 2.45) is 0 Å². The van der Waals surface area contributed by atoms with E-state index < -0.39 is 22.2 Å². The number of likely N-dealkylation sites (N-methyl/N-ethyl adjacent to an activating group) is 1. The van der Waals surface area contributed by atoms with E-state index in [0.717, 1.165) is 0 Å². The van der Waals surface area contributed by atoms with Gasteiger partial charge in [0.05, 0.1) is 28.8 Å². The number of fused-ring (bicyclic) bond motifs is 1. The molecule has 0 spiro atoms. The summed E-state index contributed by atoms with van der Waals surface area (Å²) in [4.78, 5) is 14.3. The molecule has 0 fully saturated rings. The first kappa shape index (κ1) is 24.3. The Morgan fingerprint density at radius 2 is 2.11 bits per heavy atom. The summed E-state index contributed by atoms with van der Waals surface area (Å²) in [5.41, 5.74) is 0.902. The zero-order chi connectivity index (χ0) is 25.0. The van der Waals surface area contributed by atoms with E-state index in [1.807, 2.05) is 43.3 Å². The van der Waals surface area contributed by atoms with E-state index in [2.05, 4.69) is 5.32 Å². The van der Waals surface area contributed by atoms with E-state index in [-0.39, 0.29) is 24.5 Å². The number of allylic oxidation sites excluding steroid dienone is 2. The maximum Gasteiger partial charge on any atom is 0.412 e. The summed E-state index contributed by atoms with van der Waals surface area (Å²) in [5, 5.41) is 11.9. The van der Waals surface area contributed by atoms with Crippen LogP contribution in [0.4, 0.5) is 16.2 Å². The summed E-state index contributed by atoms with van der Waals surface area (Å²) in [6, 6.07) is 12.7. The van der Waals surface area contributed by atoms with Crippen LogP contribution in [0.5, 0.6) is 5.75 Å². The first-order valence-electron chi connectivity index (χ1n) is 11.1. The Kier molecular flexibility index (Phi) is 7.10. The first-order valence-corrected chi connectivity index (χ1v) is 12.5. The number of amides is 1. The van der Waals surface area contributed by atoms with Crippen LogP contribution in [0.2, 0.25) is 0 Å². The molecule has 0 radical (unpaired) electrons. The standard InChI is InChI=1S/C25H26N4O5S.H2/c1-28(2)16-21-17-29(35(31,32)22-10-6-7-18(13-22)15-26)23-14-19(11-12-24(23)33-21)27-25(30)34-20-8-4-3-5-9-20;/h3-8,10-14,20-21H,9,16-17H2,1-2H3,(H,27,30);1H/t20-,21-;/m0./s1. The topological polar surface area (TPSA) is 112 Å². The largest absolute Gasteiger partial charge is 0.485 e. The summed E-state index contributed by atoms with van der Waals surface area (Å²) in [7, 11) is -0.264. The van der Waals surface area contributed by atoms with E-state index >= 15 is 0 Å². The molecule has 1 heterocycles. The molecule has 1 aliphatic heterocycles. The van der Waals surface area contributed by atoms with E-state index in [4.69, 9.17) is 9.47 Å². The minimum atomic E-state index is -4.02. The predicted molar refractivity (Wildman–Crippen MR) is 134 cm³/mol. The van der Waals surface area contributed by atoms with Gasteiger partial charge >= 0.3 is 6.09 Å². The number of anilines is 2. The van der Waals surface area contributed by atoms with Gasteiger partial charge in [0.25, 0.3) is 10.0 Å². The zero-order valence-corrected chi connectivity index (χ0v) is 20.2. The molecule has 2 aromatic carbocycles. The monoisotopic (exact) mass is 496 g/mol. The molecule has 2 aromatic rings. The Bertz CT molecular complexity index is 1320. The molecule has 9 nitrogen and oxygen atoms in total. The van der Waals surface area contributed by atoms with Crippen molar-refractivity contribution in [3.05, 3.63) is 72.3 Å². The Balaban J connectivity index is 0.00000361. The molecule has 1 aliphatic carbocycles. The second-order valence-electron chi connectivity index (χ2n) is 8.48. The summed E-state index contributed by atoms with van der Waals surface area (Å²) in [6.07, 6.45) is 6.55. The normalized spacial score (nSPS) is 19.0. The third-order valence-electron chi connectivity index (χ3n) is 5.46. The van der Waals surface area contributed by atoms with Crippen LogP contribution in [0.1, 0.15) is 13.4 Å². The molecule has 2 atom stereocenters. The Labute approximate surface area is 206 Å². The summed E-state index contributed by atoms with van der Waals surface area (Å²) in [6.45, 7) is 0.566. The molecule has 0 saturated carbocycles. The van der Waals surface area contributed by atoms with Crippen LogP contribution in [0.25, 0.3) is 0 Å². The van der Waals surface area contributed by atoms with Gasteiger partial charge < -0.3 is 14.4 Å². The van der Waals surface area contributed by atoms with Crippen molar-refractivity contribution in [1.82, 2.24) is 4.90 Å². The van der Waals surface area contributed by atoms with E-state index in [0.29, 0.717) is 30.1 Å². The quantitative estimate of drug-likeness (QED) is 0.648. The number of hydrogen-bond acceptors (Lipinski definition) is 7. The molecule has 1 amide bonds. The third kappa shape index (κ3) is 5.65. The van der Waals surface area contributed by atoms with Crippen molar-refractivity contribution in [3.8, 4) is 11.8 Å². The van der Waals surface area contributed by atoms with Crippen LogP contribution in [0, 0.1) is 11.3 Å². The third-order valence-corrected chi connectivity index (χ3v) is 7.23. The fourth-order valence-electron chi connectivity index (χ4n) is 3.90. The van der Waals surface area contributed by atoms with Gasteiger partial charge in [-0.1, -0.05) is 24.3 Å². The van der Waals surface area contributed by atoms with Gasteiger partial charge in [0, 0.05) is 20.1 Å². The minimum Gasteiger partial charge on any atom is -0.485 e. The first-order chi connectivity index (χ1) is 16.8. The number of sulfonamides is 1. The lowest BCUT2D eigenvalue weighted by Crippen LogP contribution is -2.47. The Morgan fingerprint density at radius 1 is 1.29 bits per heavy atom. The summed E-state index contributed by atoms with van der Waals surface area (Å²) < 4.78 is 40.1. The lowest BCUT2D eigenvalue weighted by molar-refractivity contribution is 0.134. The van der Waals surface area contributed by atoms with Gasteiger partial charge in [0.15, 0.2) is 0 Å². The molecular formula is C25H28N4O5S. The molecular weight excluding hydrogens is 468 g/mol. The summed E-state index contributed by atoms with van der Waals surface area (Å²) in [5.74, 6) is 0.377. The van der Waals surface area contributed by atoms with Crippen LogP contribution >= 0.6 is 0 Å². The molecule has 2 aliphatic rings. The van der Waals surface area contributed by atoms with Crippen LogP contribution in [0.3, 0.4) is 0 Å². The smallest absolute Gasteiger partial charge is 0.412 e. The zero-order valence-electron chi connectivity index (χ0n) is 19.4. The van der Waals surface area contributed by atoms with Crippen molar-refractivity contribution < 1.29 is 24.1 Å². The highest BCUT2D eigenvalue weighted by Gasteiger charge is 2.35. The number of rotatable bonds is 6. The average molecular weight is 497 g/mol. The van der Waals surface area contributed by atoms with Gasteiger partial charge in [-0.3, -0.25) is 9.62 Å². The predicted octanol–water partition coefficient (Wildman–Crippen LogP) is 3.76. The summed E-state index contributed by atoms with van der Waals surface area (Å²) >= 11 is 0. The van der Waals surface area contributed by atoms with Gasteiger partial charge in [-0.05, 0) is 56.6 Å². The second-order valence-corrected chi connectivity index (χ2v) is 10.3. The maximum atomic E-state index is 13.7. The maximum absolute atomic E-state index is 13.7. The fraction of sp³-hybridized carbons (Fsp3) is 0.280. The number of nitrogens with zero attached hydrogens (tertiary/aromatic N) is 3. The van der Waals surface area contributed by atoms with Gasteiger partial charge in [-0.2, -0.15) is 5.26 Å². The molecule has 0 saturated heterocycles. The number of hydrogen-bond donors (Lipinski definition) is 1. The molecule has 1 N–H and O–H groups in total. The molecule has 0 bridgehead atoms. The fourth-order valence-corrected chi connectivity index (χ4v) is 5.45. The van der Waals surface area contributed by atoms with Gasteiger partial charge in [-0.25, -0.2) is 13.2 Å². The SMILES string of the molecule is CN(C)C[C@H]1CN(S(=O)(=O)c2cccc(C#N)c2)c2cc(NC(=O)O[C@H]3C=CC=CC3)ccc2O1.[HH]. The number of benzene rings is 2. The highest BCUT2D eigenvalue weighted by molar-refractivity contribution is 7.92. The number of ether oxygens (including phenoxy) is 2. The van der Waals surface area contributed by atoms with Gasteiger partial charge in [0.2, 0.25) is 0 Å². The van der Waals surface area contributed by atoms with Crippen LogP contribution in [0.15, 0.2) is 71.7 Å². The molecule has 184 valence electrons. The lowest BCUT2D eigenvalue weighted by atomic mass is 10.1. The number of nitrogens with one attached hydrogen (secondary N) is 1. The Morgan fingerprint density at radius 3 is 2.83 bits per heavy atom. The highest BCUT2D eigenvalue weighted by atomic mass is 32.2. The van der Waals surface area contributed by atoms with Crippen LogP contribution < -0.4 is 14.4 Å². The number of carbonyl (C=O) groups excluding carboxylic acids is 1. The molecule has 35 heavy (non-hydrogen) atoms. The molecule has 0 aromatic heterocycles. The number of nitriles is 1. The number of carbonyl (C=O) groups is 1. The lowest BCUT2D eigenvalue weighted by Gasteiger charge is -2.36. The van der Waals surface area contributed by atoms with Crippen molar-refractivity contribution in [3.63, 3.8) is 0 Å². The van der Waals surface area contributed by atoms with Gasteiger partial charge in [-0.15, -0.1) is 0 Å². The van der Waals surface area contributed by atoms with Crippen molar-refractivity contribution >= 4 is 27.5 Å². The second kappa shape index (κ2) is 10.2. The van der Waals surface area contributed by atoms with E-state index in [1.165, 1.54) is 22.5 Å². The van der Waals surface area contributed by atoms with E-state index in [9.17, 15) is 18.5 Å². The molecule has 10 heteroatoms. The highest BCUT2D eigenvalue weighted by Crippen LogP contribution is 2.39. The van der Waals surface area contributed by atoms with E-state index in [1.54, 1.807) is 30.3 Å². The van der Waals surface area contributed by atoms with Gasteiger partial charge in [0.1, 0.15) is 18.0 Å². The minimum absolute atomic E-state index is 0.